The fourth-order valence-electron chi connectivity index (χ4n) is 1.95. The molecule has 0 saturated heterocycles. The SMILES string of the molecule is CC(C)(C)OC(=O)c1c[nH]n(-c2nc3ccccc3s2)c1=O. The summed E-state index contributed by atoms with van der Waals surface area (Å²) < 4.78 is 7.45. The minimum Gasteiger partial charge on any atom is -0.456 e. The van der Waals surface area contributed by atoms with Crippen molar-refractivity contribution in [1.29, 1.82) is 0 Å². The lowest BCUT2D eigenvalue weighted by Gasteiger charge is -2.18. The number of rotatable bonds is 2. The summed E-state index contributed by atoms with van der Waals surface area (Å²) in [5.74, 6) is -0.645. The molecule has 0 amide bonds. The van der Waals surface area contributed by atoms with E-state index in [1.807, 2.05) is 24.3 Å². The third-order valence-corrected chi connectivity index (χ3v) is 3.89. The lowest BCUT2D eigenvalue weighted by molar-refractivity contribution is 0.00681. The van der Waals surface area contributed by atoms with Crippen molar-refractivity contribution in [2.45, 2.75) is 26.4 Å². The maximum Gasteiger partial charge on any atom is 0.345 e. The molecule has 1 N–H and O–H groups in total. The van der Waals surface area contributed by atoms with E-state index < -0.39 is 17.1 Å². The van der Waals surface area contributed by atoms with Crippen molar-refractivity contribution >= 4 is 27.5 Å². The van der Waals surface area contributed by atoms with Crippen LogP contribution in [0.25, 0.3) is 15.3 Å². The van der Waals surface area contributed by atoms with Gasteiger partial charge in [0.25, 0.3) is 5.56 Å². The largest absolute Gasteiger partial charge is 0.456 e. The Labute approximate surface area is 130 Å². The first kappa shape index (κ1) is 14.5. The number of thiazole rings is 1. The molecule has 2 aromatic heterocycles. The van der Waals surface area contributed by atoms with Crippen LogP contribution in [0.3, 0.4) is 0 Å². The molecule has 2 heterocycles. The summed E-state index contributed by atoms with van der Waals surface area (Å²) in [6, 6.07) is 7.60. The summed E-state index contributed by atoms with van der Waals surface area (Å²) in [6.45, 7) is 5.26. The number of H-pyrrole nitrogens is 1. The predicted octanol–water partition coefficient (Wildman–Crippen LogP) is 2.73. The van der Waals surface area contributed by atoms with E-state index >= 15 is 0 Å². The number of hydrogen-bond acceptors (Lipinski definition) is 5. The molecule has 0 unspecified atom stereocenters. The average Bonchev–Trinajstić information content (AvgIpc) is 2.99. The molecular weight excluding hydrogens is 302 g/mol. The molecule has 0 spiro atoms. The third kappa shape index (κ3) is 2.67. The average molecular weight is 317 g/mol. The minimum atomic E-state index is -0.651. The van der Waals surface area contributed by atoms with Crippen LogP contribution in [-0.2, 0) is 4.74 Å². The van der Waals surface area contributed by atoms with E-state index in [1.165, 1.54) is 22.2 Å². The van der Waals surface area contributed by atoms with E-state index in [0.29, 0.717) is 5.13 Å². The smallest absolute Gasteiger partial charge is 0.345 e. The third-order valence-electron chi connectivity index (χ3n) is 2.86. The number of aromatic nitrogens is 3. The Morgan fingerprint density at radius 1 is 1.32 bits per heavy atom. The number of nitrogens with zero attached hydrogens (tertiary/aromatic N) is 2. The van der Waals surface area contributed by atoms with E-state index in [4.69, 9.17) is 4.74 Å². The van der Waals surface area contributed by atoms with Gasteiger partial charge < -0.3 is 4.74 Å². The van der Waals surface area contributed by atoms with Gasteiger partial charge in [-0.3, -0.25) is 9.89 Å². The van der Waals surface area contributed by atoms with Crippen LogP contribution in [-0.4, -0.2) is 26.3 Å². The van der Waals surface area contributed by atoms with Gasteiger partial charge in [0.2, 0.25) is 5.13 Å². The Hall–Kier alpha value is -2.41. The van der Waals surface area contributed by atoms with Crippen molar-refractivity contribution in [3.8, 4) is 5.13 Å². The second kappa shape index (κ2) is 5.10. The summed E-state index contributed by atoms with van der Waals surface area (Å²) in [6.07, 6.45) is 1.35. The predicted molar refractivity (Wildman–Crippen MR) is 84.7 cm³/mol. The van der Waals surface area contributed by atoms with Gasteiger partial charge in [0.05, 0.1) is 10.2 Å². The standard InChI is InChI=1S/C15H15N3O3S/c1-15(2,3)21-13(20)9-8-16-18(12(9)19)14-17-10-6-4-5-7-11(10)22-14/h4-8,16H,1-3H3. The molecule has 114 valence electrons. The molecule has 0 fully saturated rings. The van der Waals surface area contributed by atoms with Crippen LogP contribution in [0, 0.1) is 0 Å². The number of benzene rings is 1. The molecule has 6 nitrogen and oxygen atoms in total. The maximum absolute atomic E-state index is 12.4. The number of fused-ring (bicyclic) bond motifs is 1. The first-order valence-electron chi connectivity index (χ1n) is 6.75. The number of aromatic amines is 1. The number of hydrogen-bond donors (Lipinski definition) is 1. The normalized spacial score (nSPS) is 11.8. The highest BCUT2D eigenvalue weighted by Crippen LogP contribution is 2.23. The molecule has 0 atom stereocenters. The van der Waals surface area contributed by atoms with Crippen LogP contribution in [0.1, 0.15) is 31.1 Å². The summed E-state index contributed by atoms with van der Waals surface area (Å²) in [4.78, 5) is 28.8. The van der Waals surface area contributed by atoms with Crippen molar-refractivity contribution in [3.05, 3.63) is 46.4 Å². The highest BCUT2D eigenvalue weighted by atomic mass is 32.1. The number of para-hydroxylation sites is 1. The number of carbonyl (C=O) groups is 1. The Morgan fingerprint density at radius 2 is 2.05 bits per heavy atom. The summed E-state index contributed by atoms with van der Waals surface area (Å²) >= 11 is 1.37. The number of nitrogens with one attached hydrogen (secondary N) is 1. The van der Waals surface area contributed by atoms with Gasteiger partial charge in [-0.25, -0.2) is 9.78 Å². The Bertz CT molecular complexity index is 866. The zero-order chi connectivity index (χ0) is 15.9. The molecule has 3 aromatic rings. The lowest BCUT2D eigenvalue weighted by atomic mass is 10.2. The van der Waals surface area contributed by atoms with Crippen LogP contribution < -0.4 is 5.56 Å². The van der Waals surface area contributed by atoms with Crippen molar-refractivity contribution < 1.29 is 9.53 Å². The Balaban J connectivity index is 2.00. The van der Waals surface area contributed by atoms with Crippen molar-refractivity contribution in [1.82, 2.24) is 14.8 Å². The van der Waals surface area contributed by atoms with Crippen molar-refractivity contribution in [3.63, 3.8) is 0 Å². The summed E-state index contributed by atoms with van der Waals surface area (Å²) in [5.41, 5.74) is -0.341. The molecule has 0 aliphatic rings. The van der Waals surface area contributed by atoms with E-state index in [-0.39, 0.29) is 5.56 Å². The van der Waals surface area contributed by atoms with Gasteiger partial charge in [-0.05, 0) is 32.9 Å². The molecule has 0 radical (unpaired) electrons. The number of ether oxygens (including phenoxy) is 1. The molecule has 0 aliphatic heterocycles. The van der Waals surface area contributed by atoms with Crippen molar-refractivity contribution in [2.24, 2.45) is 0 Å². The van der Waals surface area contributed by atoms with Gasteiger partial charge in [0.1, 0.15) is 11.2 Å². The van der Waals surface area contributed by atoms with Crippen LogP contribution in [0.5, 0.6) is 0 Å². The monoisotopic (exact) mass is 317 g/mol. The van der Waals surface area contributed by atoms with Crippen LogP contribution in [0.4, 0.5) is 0 Å². The summed E-state index contributed by atoms with van der Waals surface area (Å²) in [7, 11) is 0. The van der Waals surface area contributed by atoms with E-state index in [1.54, 1.807) is 20.8 Å². The Morgan fingerprint density at radius 3 is 2.73 bits per heavy atom. The van der Waals surface area contributed by atoms with E-state index in [9.17, 15) is 9.59 Å². The van der Waals surface area contributed by atoms with Gasteiger partial charge >= 0.3 is 5.97 Å². The molecule has 7 heteroatoms. The number of carbonyl (C=O) groups excluding carboxylic acids is 1. The molecule has 0 aliphatic carbocycles. The van der Waals surface area contributed by atoms with Gasteiger partial charge in [-0.2, -0.15) is 4.68 Å². The first-order chi connectivity index (χ1) is 10.3. The lowest BCUT2D eigenvalue weighted by Crippen LogP contribution is -2.28. The first-order valence-corrected chi connectivity index (χ1v) is 7.56. The van der Waals surface area contributed by atoms with Gasteiger partial charge in [-0.1, -0.05) is 23.5 Å². The quantitative estimate of drug-likeness (QED) is 0.737. The zero-order valence-corrected chi connectivity index (χ0v) is 13.2. The molecule has 1 aromatic carbocycles. The second-order valence-corrected chi connectivity index (χ2v) is 6.80. The zero-order valence-electron chi connectivity index (χ0n) is 12.4. The van der Waals surface area contributed by atoms with E-state index in [2.05, 4.69) is 10.1 Å². The highest BCUT2D eigenvalue weighted by molar-refractivity contribution is 7.20. The van der Waals surface area contributed by atoms with Gasteiger partial charge in [0, 0.05) is 6.20 Å². The van der Waals surface area contributed by atoms with Crippen LogP contribution in [0.15, 0.2) is 35.3 Å². The minimum absolute atomic E-state index is 0.0332. The van der Waals surface area contributed by atoms with Crippen molar-refractivity contribution in [2.75, 3.05) is 0 Å². The van der Waals surface area contributed by atoms with Crippen LogP contribution >= 0.6 is 11.3 Å². The van der Waals surface area contributed by atoms with Crippen LogP contribution in [0.2, 0.25) is 0 Å². The summed E-state index contributed by atoms with van der Waals surface area (Å²) in [5, 5.41) is 3.26. The number of esters is 1. The fraction of sp³-hybridized carbons (Fsp3) is 0.267. The topological polar surface area (TPSA) is 77.0 Å². The molecule has 0 saturated carbocycles. The van der Waals surface area contributed by atoms with E-state index in [0.717, 1.165) is 10.2 Å². The highest BCUT2D eigenvalue weighted by Gasteiger charge is 2.23. The molecule has 22 heavy (non-hydrogen) atoms. The molecular formula is C15H15N3O3S. The van der Waals surface area contributed by atoms with Gasteiger partial charge in [-0.15, -0.1) is 0 Å². The Kier molecular flexibility index (Phi) is 3.37. The van der Waals surface area contributed by atoms with Gasteiger partial charge in [0.15, 0.2) is 0 Å². The molecule has 3 rings (SSSR count). The second-order valence-electron chi connectivity index (χ2n) is 5.79. The maximum atomic E-state index is 12.4. The molecule has 0 bridgehead atoms. The fourth-order valence-corrected chi connectivity index (χ4v) is 2.88.